The highest BCUT2D eigenvalue weighted by molar-refractivity contribution is 5.65. The number of nitrogens with zero attached hydrogens (tertiary/aromatic N) is 1. The highest BCUT2D eigenvalue weighted by atomic mass is 16.4. The van der Waals surface area contributed by atoms with Crippen molar-refractivity contribution in [2.45, 2.75) is 0 Å². The highest BCUT2D eigenvalue weighted by Crippen LogP contribution is 2.22. The molecule has 2 heterocycles. The van der Waals surface area contributed by atoms with Gasteiger partial charge in [-0.1, -0.05) is 34.7 Å². The van der Waals surface area contributed by atoms with E-state index in [1.165, 1.54) is 4.40 Å². The number of hydrogen-bond acceptors (Lipinski definition) is 3. The molecule has 1 aromatic carbocycles. The Labute approximate surface area is 102 Å². The number of aromatic hydroxyl groups is 1. The molecule has 0 amide bonds. The van der Waals surface area contributed by atoms with E-state index in [9.17, 15) is 9.90 Å². The van der Waals surface area contributed by atoms with Gasteiger partial charge in [0.1, 0.15) is 0 Å². The van der Waals surface area contributed by atoms with E-state index in [0.29, 0.717) is 11.3 Å². The monoisotopic (exact) mass is 240 g/mol. The molecule has 0 aliphatic carbocycles. The molecule has 0 bridgehead atoms. The fourth-order valence-electron chi connectivity index (χ4n) is 1.90. The summed E-state index contributed by atoms with van der Waals surface area (Å²) in [5.74, 6) is -0.118. The Hall–Kier alpha value is -2.62. The minimum absolute atomic E-state index is 0.118. The van der Waals surface area contributed by atoms with E-state index in [0.717, 1.165) is 0 Å². The van der Waals surface area contributed by atoms with E-state index in [1.807, 2.05) is 6.07 Å². The van der Waals surface area contributed by atoms with Crippen molar-refractivity contribution in [1.82, 2.24) is 0 Å². The van der Waals surface area contributed by atoms with Crippen LogP contribution >= 0.6 is 0 Å². The van der Waals surface area contributed by atoms with Crippen molar-refractivity contribution in [2.24, 2.45) is 0 Å². The predicted octanol–water partition coefficient (Wildman–Crippen LogP) is 1.75. The average Bonchev–Trinajstić information content (AvgIpc) is 2.40. The molecular weight excluding hydrogens is 230 g/mol. The van der Waals surface area contributed by atoms with Crippen LogP contribution in [0.3, 0.4) is 0 Å². The molecule has 3 rings (SSSR count). The summed E-state index contributed by atoms with van der Waals surface area (Å²) in [6, 6.07) is 14.1. The van der Waals surface area contributed by atoms with Gasteiger partial charge in [-0.25, -0.2) is 4.79 Å². The molecule has 0 radical (unpaired) electrons. The van der Waals surface area contributed by atoms with Crippen molar-refractivity contribution in [2.75, 3.05) is 0 Å². The summed E-state index contributed by atoms with van der Waals surface area (Å²) in [5, 5.41) is 10.2. The van der Waals surface area contributed by atoms with Gasteiger partial charge < -0.3 is 9.52 Å². The molecule has 0 saturated heterocycles. The quantitative estimate of drug-likeness (QED) is 0.659. The normalized spacial score (nSPS) is 10.7. The van der Waals surface area contributed by atoms with Crippen LogP contribution in [-0.4, -0.2) is 5.11 Å². The van der Waals surface area contributed by atoms with E-state index in [4.69, 9.17) is 4.42 Å². The number of hydrogen-bond donors (Lipinski definition) is 1. The van der Waals surface area contributed by atoms with Gasteiger partial charge in [-0.15, -0.1) is 0 Å². The maximum Gasteiger partial charge on any atom is 0.389 e. The molecule has 4 heteroatoms. The molecule has 0 saturated carbocycles. The van der Waals surface area contributed by atoms with E-state index >= 15 is 0 Å². The van der Waals surface area contributed by atoms with Gasteiger partial charge >= 0.3 is 17.2 Å². The number of aromatic nitrogens is 1. The van der Waals surface area contributed by atoms with E-state index in [-0.39, 0.29) is 11.4 Å². The molecule has 2 aromatic heterocycles. The standard InChI is InChI=1S/C14H9NO3/c16-13-12(10-6-2-1-3-7-10)14(17)18-11-8-4-5-9-15(11)13/h1-9H/p+1. The van der Waals surface area contributed by atoms with Gasteiger partial charge in [0.25, 0.3) is 0 Å². The molecule has 18 heavy (non-hydrogen) atoms. The Bertz CT molecular complexity index is 763. The third-order valence-corrected chi connectivity index (χ3v) is 2.74. The average molecular weight is 240 g/mol. The number of benzene rings is 1. The van der Waals surface area contributed by atoms with E-state index < -0.39 is 5.63 Å². The first kappa shape index (κ1) is 10.5. The lowest BCUT2D eigenvalue weighted by molar-refractivity contribution is -0.531. The summed E-state index contributed by atoms with van der Waals surface area (Å²) >= 11 is 0. The lowest BCUT2D eigenvalue weighted by atomic mass is 10.1. The topological polar surface area (TPSA) is 54.5 Å². The van der Waals surface area contributed by atoms with Crippen LogP contribution in [0.15, 0.2) is 63.9 Å². The van der Waals surface area contributed by atoms with Crippen molar-refractivity contribution in [3.63, 3.8) is 0 Å². The zero-order chi connectivity index (χ0) is 12.5. The van der Waals surface area contributed by atoms with Crippen LogP contribution in [0.1, 0.15) is 0 Å². The zero-order valence-electron chi connectivity index (χ0n) is 9.41. The molecular formula is C14H10NO3+. The van der Waals surface area contributed by atoms with Gasteiger partial charge in [0.2, 0.25) is 0 Å². The number of fused-ring (bicyclic) bond motifs is 1. The molecule has 0 aliphatic rings. The van der Waals surface area contributed by atoms with Crippen LogP contribution in [0.5, 0.6) is 5.88 Å². The number of rotatable bonds is 1. The fourth-order valence-corrected chi connectivity index (χ4v) is 1.90. The van der Waals surface area contributed by atoms with Crippen molar-refractivity contribution in [1.29, 1.82) is 0 Å². The van der Waals surface area contributed by atoms with Crippen LogP contribution in [-0.2, 0) is 0 Å². The Kier molecular flexibility index (Phi) is 2.34. The molecule has 0 atom stereocenters. The van der Waals surface area contributed by atoms with Crippen LogP contribution in [0.4, 0.5) is 0 Å². The third-order valence-electron chi connectivity index (χ3n) is 2.74. The maximum absolute atomic E-state index is 11.9. The molecule has 3 aromatic rings. The number of pyridine rings is 1. The minimum Gasteiger partial charge on any atom is -0.459 e. The summed E-state index contributed by atoms with van der Waals surface area (Å²) in [7, 11) is 0. The van der Waals surface area contributed by atoms with Crippen LogP contribution in [0, 0.1) is 0 Å². The summed E-state index contributed by atoms with van der Waals surface area (Å²) in [6.45, 7) is 0. The molecule has 1 N–H and O–H groups in total. The van der Waals surface area contributed by atoms with Crippen molar-refractivity contribution in [3.05, 3.63) is 65.1 Å². The van der Waals surface area contributed by atoms with Gasteiger partial charge in [0, 0.05) is 6.07 Å². The molecule has 0 unspecified atom stereocenters. The predicted molar refractivity (Wildman–Crippen MR) is 65.2 cm³/mol. The van der Waals surface area contributed by atoms with Crippen LogP contribution in [0.25, 0.3) is 16.8 Å². The smallest absolute Gasteiger partial charge is 0.389 e. The summed E-state index contributed by atoms with van der Waals surface area (Å²) in [5.41, 5.74) is 0.547. The first-order valence-corrected chi connectivity index (χ1v) is 5.49. The second-order valence-electron chi connectivity index (χ2n) is 3.86. The van der Waals surface area contributed by atoms with Gasteiger partial charge in [-0.05, 0) is 11.6 Å². The molecule has 0 aliphatic heterocycles. The molecule has 0 fully saturated rings. The zero-order valence-corrected chi connectivity index (χ0v) is 9.41. The SMILES string of the molecule is O=c1oc2cccc[n+]2c(O)c1-c1ccccc1. The fraction of sp³-hybridized carbons (Fsp3) is 0. The van der Waals surface area contributed by atoms with Crippen LogP contribution in [0.2, 0.25) is 0 Å². The third kappa shape index (κ3) is 1.55. The van der Waals surface area contributed by atoms with Crippen LogP contribution < -0.4 is 10.0 Å². The molecule has 0 spiro atoms. The first-order chi connectivity index (χ1) is 8.77. The Morgan fingerprint density at radius 1 is 1.00 bits per heavy atom. The van der Waals surface area contributed by atoms with Crippen molar-refractivity contribution in [3.8, 4) is 17.0 Å². The van der Waals surface area contributed by atoms with Gasteiger partial charge in [-0.2, -0.15) is 0 Å². The summed E-state index contributed by atoms with van der Waals surface area (Å²) < 4.78 is 6.61. The first-order valence-electron chi connectivity index (χ1n) is 5.49. The van der Waals surface area contributed by atoms with E-state index in [1.54, 1.807) is 48.7 Å². The Morgan fingerprint density at radius 3 is 2.50 bits per heavy atom. The highest BCUT2D eigenvalue weighted by Gasteiger charge is 2.22. The molecule has 4 nitrogen and oxygen atoms in total. The summed E-state index contributed by atoms with van der Waals surface area (Å²) in [4.78, 5) is 11.9. The van der Waals surface area contributed by atoms with E-state index in [2.05, 4.69) is 0 Å². The van der Waals surface area contributed by atoms with Gasteiger partial charge in [0.15, 0.2) is 11.8 Å². The largest absolute Gasteiger partial charge is 0.459 e. The summed E-state index contributed by atoms with van der Waals surface area (Å²) in [6.07, 6.45) is 1.64. The Balaban J connectivity index is 2.41. The van der Waals surface area contributed by atoms with Crippen molar-refractivity contribution < 1.29 is 13.9 Å². The second kappa shape index (κ2) is 4.00. The second-order valence-corrected chi connectivity index (χ2v) is 3.86. The van der Waals surface area contributed by atoms with Gasteiger partial charge in [-0.3, -0.25) is 0 Å². The Morgan fingerprint density at radius 2 is 1.72 bits per heavy atom. The lowest BCUT2D eigenvalue weighted by Crippen LogP contribution is -2.26. The van der Waals surface area contributed by atoms with Gasteiger partial charge in [0.05, 0.1) is 6.07 Å². The molecule has 88 valence electrons. The van der Waals surface area contributed by atoms with Crippen molar-refractivity contribution >= 4 is 5.71 Å². The maximum atomic E-state index is 11.9. The lowest BCUT2D eigenvalue weighted by Gasteiger charge is -1.99. The minimum atomic E-state index is -0.551.